The van der Waals surface area contributed by atoms with Gasteiger partial charge in [-0.05, 0) is 55.7 Å². The summed E-state index contributed by atoms with van der Waals surface area (Å²) in [6.07, 6.45) is 9.20. The molecule has 3 rings (SSSR count). The van der Waals surface area contributed by atoms with Crippen molar-refractivity contribution in [1.29, 1.82) is 0 Å². The van der Waals surface area contributed by atoms with Crippen molar-refractivity contribution < 1.29 is 9.13 Å². The van der Waals surface area contributed by atoms with E-state index >= 15 is 0 Å². The average Bonchev–Trinajstić information content (AvgIpc) is 2.68. The zero-order valence-corrected chi connectivity index (χ0v) is 15.3. The summed E-state index contributed by atoms with van der Waals surface area (Å²) in [7, 11) is 0. The number of benzene rings is 1. The molecule has 0 bridgehead atoms. The predicted molar refractivity (Wildman–Crippen MR) is 102 cm³/mol. The molecule has 1 aliphatic rings. The predicted octanol–water partition coefficient (Wildman–Crippen LogP) is 3.84. The summed E-state index contributed by atoms with van der Waals surface area (Å²) in [5.74, 6) is 1.66. The Labute approximate surface area is 154 Å². The summed E-state index contributed by atoms with van der Waals surface area (Å²) in [5, 5.41) is 0. The van der Waals surface area contributed by atoms with Crippen molar-refractivity contribution in [3.05, 3.63) is 42.0 Å². The van der Waals surface area contributed by atoms with E-state index in [-0.39, 0.29) is 5.69 Å². The summed E-state index contributed by atoms with van der Waals surface area (Å²) >= 11 is 0. The third-order valence-electron chi connectivity index (χ3n) is 4.99. The second kappa shape index (κ2) is 8.83. The van der Waals surface area contributed by atoms with Gasteiger partial charge in [-0.2, -0.15) is 0 Å². The molecular formula is C20H27FN4O. The first kappa shape index (κ1) is 18.4. The zero-order chi connectivity index (χ0) is 18.4. The van der Waals surface area contributed by atoms with Crippen LogP contribution in [0.3, 0.4) is 0 Å². The fourth-order valence-corrected chi connectivity index (χ4v) is 3.28. The number of hydrogen-bond acceptors (Lipinski definition) is 5. The van der Waals surface area contributed by atoms with Gasteiger partial charge in [-0.15, -0.1) is 0 Å². The van der Waals surface area contributed by atoms with Crippen molar-refractivity contribution in [2.24, 2.45) is 5.92 Å². The molecule has 0 unspecified atom stereocenters. The molecule has 5 nitrogen and oxygen atoms in total. The van der Waals surface area contributed by atoms with Crippen molar-refractivity contribution in [1.82, 2.24) is 9.97 Å². The van der Waals surface area contributed by atoms with Gasteiger partial charge < -0.3 is 15.4 Å². The van der Waals surface area contributed by atoms with Crippen LogP contribution in [-0.4, -0.2) is 29.7 Å². The highest BCUT2D eigenvalue weighted by atomic mass is 19.1. The van der Waals surface area contributed by atoms with Gasteiger partial charge in [0.25, 0.3) is 0 Å². The van der Waals surface area contributed by atoms with Gasteiger partial charge in [-0.1, -0.05) is 6.92 Å². The van der Waals surface area contributed by atoms with Crippen LogP contribution < -0.4 is 15.4 Å². The minimum atomic E-state index is -0.427. The smallest absolute Gasteiger partial charge is 0.225 e. The van der Waals surface area contributed by atoms with Gasteiger partial charge in [-0.3, -0.25) is 0 Å². The molecule has 1 aliphatic heterocycles. The molecule has 1 aromatic carbocycles. The molecule has 0 spiro atoms. The van der Waals surface area contributed by atoms with E-state index in [0.717, 1.165) is 51.1 Å². The van der Waals surface area contributed by atoms with E-state index in [1.807, 2.05) is 12.4 Å². The molecule has 2 heterocycles. The Morgan fingerprint density at radius 3 is 2.62 bits per heavy atom. The van der Waals surface area contributed by atoms with E-state index in [2.05, 4.69) is 21.8 Å². The second-order valence-corrected chi connectivity index (χ2v) is 6.85. The number of nitrogen functional groups attached to an aromatic ring is 1. The molecule has 0 aliphatic carbocycles. The minimum Gasteiger partial charge on any atom is -0.493 e. The van der Waals surface area contributed by atoms with Crippen LogP contribution >= 0.6 is 0 Å². The van der Waals surface area contributed by atoms with Crippen molar-refractivity contribution in [3.8, 4) is 5.75 Å². The SMILES string of the molecule is CCc1cnc(N2CCC(CCCOc3ccc(N)c(F)c3)CC2)nc1. The normalized spacial score (nSPS) is 15.2. The number of aryl methyl sites for hydroxylation is 1. The first-order chi connectivity index (χ1) is 12.7. The highest BCUT2D eigenvalue weighted by Gasteiger charge is 2.20. The molecule has 0 radical (unpaired) electrons. The Morgan fingerprint density at radius 1 is 1.23 bits per heavy atom. The lowest BCUT2D eigenvalue weighted by molar-refractivity contribution is 0.278. The molecule has 6 heteroatoms. The van der Waals surface area contributed by atoms with E-state index in [9.17, 15) is 4.39 Å². The quantitative estimate of drug-likeness (QED) is 0.602. The van der Waals surface area contributed by atoms with E-state index in [1.54, 1.807) is 6.07 Å². The number of nitrogens with zero attached hydrogens (tertiary/aromatic N) is 3. The van der Waals surface area contributed by atoms with Gasteiger partial charge in [0.1, 0.15) is 11.6 Å². The molecular weight excluding hydrogens is 331 g/mol. The summed E-state index contributed by atoms with van der Waals surface area (Å²) < 4.78 is 19.0. The largest absolute Gasteiger partial charge is 0.493 e. The Kier molecular flexibility index (Phi) is 6.26. The van der Waals surface area contributed by atoms with Crippen LogP contribution in [0.4, 0.5) is 16.0 Å². The van der Waals surface area contributed by atoms with Crippen LogP contribution in [0.5, 0.6) is 5.75 Å². The van der Waals surface area contributed by atoms with Crippen LogP contribution in [0.1, 0.15) is 38.2 Å². The fraction of sp³-hybridized carbons (Fsp3) is 0.500. The van der Waals surface area contributed by atoms with E-state index in [4.69, 9.17) is 10.5 Å². The highest BCUT2D eigenvalue weighted by Crippen LogP contribution is 2.24. The summed E-state index contributed by atoms with van der Waals surface area (Å²) in [4.78, 5) is 11.2. The molecule has 1 saturated heterocycles. The maximum atomic E-state index is 13.4. The van der Waals surface area contributed by atoms with Gasteiger partial charge in [0.2, 0.25) is 5.95 Å². The molecule has 1 fully saturated rings. The van der Waals surface area contributed by atoms with Crippen molar-refractivity contribution >= 4 is 11.6 Å². The number of anilines is 2. The number of ether oxygens (including phenoxy) is 1. The lowest BCUT2D eigenvalue weighted by Gasteiger charge is -2.32. The van der Waals surface area contributed by atoms with Crippen LogP contribution in [0.25, 0.3) is 0 Å². The molecule has 0 amide bonds. The number of halogens is 1. The highest BCUT2D eigenvalue weighted by molar-refractivity contribution is 5.43. The molecule has 26 heavy (non-hydrogen) atoms. The van der Waals surface area contributed by atoms with Crippen LogP contribution in [0.2, 0.25) is 0 Å². The summed E-state index contributed by atoms with van der Waals surface area (Å²) in [6.45, 7) is 4.71. The standard InChI is InChI=1S/C20H27FN4O/c1-2-15-13-23-20(24-14-15)25-9-7-16(8-10-25)4-3-11-26-17-5-6-19(22)18(21)12-17/h5-6,12-14,16H,2-4,7-11,22H2,1H3. The lowest BCUT2D eigenvalue weighted by Crippen LogP contribution is -2.35. The van der Waals surface area contributed by atoms with Crippen LogP contribution in [0, 0.1) is 11.7 Å². The van der Waals surface area contributed by atoms with E-state index in [1.165, 1.54) is 17.7 Å². The molecule has 0 saturated carbocycles. The third-order valence-corrected chi connectivity index (χ3v) is 4.99. The van der Waals surface area contributed by atoms with Gasteiger partial charge in [-0.25, -0.2) is 14.4 Å². The molecule has 2 aromatic rings. The molecule has 2 N–H and O–H groups in total. The zero-order valence-electron chi connectivity index (χ0n) is 15.3. The minimum absolute atomic E-state index is 0.150. The first-order valence-electron chi connectivity index (χ1n) is 9.39. The van der Waals surface area contributed by atoms with Gasteiger partial charge in [0.15, 0.2) is 0 Å². The number of aromatic nitrogens is 2. The van der Waals surface area contributed by atoms with Crippen molar-refractivity contribution in [2.45, 2.75) is 39.0 Å². The van der Waals surface area contributed by atoms with Crippen LogP contribution in [0.15, 0.2) is 30.6 Å². The van der Waals surface area contributed by atoms with E-state index < -0.39 is 5.82 Å². The van der Waals surface area contributed by atoms with Crippen molar-refractivity contribution in [2.75, 3.05) is 30.3 Å². The maximum Gasteiger partial charge on any atom is 0.225 e. The van der Waals surface area contributed by atoms with E-state index in [0.29, 0.717) is 18.3 Å². The number of hydrogen-bond donors (Lipinski definition) is 1. The van der Waals surface area contributed by atoms with Gasteiger partial charge >= 0.3 is 0 Å². The van der Waals surface area contributed by atoms with Gasteiger partial charge in [0, 0.05) is 31.5 Å². The second-order valence-electron chi connectivity index (χ2n) is 6.85. The third kappa shape index (κ3) is 4.84. The Morgan fingerprint density at radius 2 is 1.96 bits per heavy atom. The number of rotatable bonds is 7. The Bertz CT molecular complexity index is 699. The van der Waals surface area contributed by atoms with Crippen LogP contribution in [-0.2, 0) is 6.42 Å². The Balaban J connectivity index is 1.36. The average molecular weight is 358 g/mol. The molecule has 140 valence electrons. The number of piperidine rings is 1. The molecule has 1 aromatic heterocycles. The molecule has 0 atom stereocenters. The topological polar surface area (TPSA) is 64.3 Å². The maximum absolute atomic E-state index is 13.4. The first-order valence-corrected chi connectivity index (χ1v) is 9.39. The summed E-state index contributed by atoms with van der Waals surface area (Å²) in [6, 6.07) is 4.59. The Hall–Kier alpha value is -2.37. The van der Waals surface area contributed by atoms with Gasteiger partial charge in [0.05, 0.1) is 12.3 Å². The lowest BCUT2D eigenvalue weighted by atomic mass is 9.92. The monoisotopic (exact) mass is 358 g/mol. The van der Waals surface area contributed by atoms with Crippen molar-refractivity contribution in [3.63, 3.8) is 0 Å². The number of nitrogens with two attached hydrogens (primary N) is 1. The fourth-order valence-electron chi connectivity index (χ4n) is 3.28. The summed E-state index contributed by atoms with van der Waals surface area (Å²) in [5.41, 5.74) is 6.79.